The Balaban J connectivity index is 0. The number of carboxylic acids is 1. The molecule has 0 unspecified atom stereocenters. The van der Waals surface area contributed by atoms with Crippen LogP contribution in [0, 0.1) is 0 Å². The fraction of sp³-hybridized carbons (Fsp3) is 0. The van der Waals surface area contributed by atoms with Crippen molar-refractivity contribution in [3.63, 3.8) is 0 Å². The minimum Gasteiger partial charge on any atom is -0.540 e. The van der Waals surface area contributed by atoms with Crippen molar-refractivity contribution in [2.24, 2.45) is 5.84 Å². The topological polar surface area (TPSA) is 95.2 Å². The van der Waals surface area contributed by atoms with Crippen LogP contribution in [0.2, 0.25) is 0 Å². The minimum atomic E-state index is -1.83. The van der Waals surface area contributed by atoms with E-state index in [1.54, 1.807) is 0 Å². The third-order valence-electron chi connectivity index (χ3n) is 0.316. The van der Waals surface area contributed by atoms with E-state index in [0.717, 1.165) is 0 Å². The Morgan fingerprint density at radius 2 is 1.88 bits per heavy atom. The number of carboxylic acid groups (broad SMARTS) is 1. The molecule has 50 valence electrons. The van der Waals surface area contributed by atoms with E-state index in [1.807, 2.05) is 0 Å². The van der Waals surface area contributed by atoms with Gasteiger partial charge in [0.1, 0.15) is 5.97 Å². The predicted molar refractivity (Wildman–Crippen MR) is 17.3 cm³/mol. The monoisotopic (exact) mass is 166 g/mol. The first-order chi connectivity index (χ1) is 3.18. The summed E-state index contributed by atoms with van der Waals surface area (Å²) in [4.78, 5) is 18.9. The van der Waals surface area contributed by atoms with E-state index < -0.39 is 11.9 Å². The minimum absolute atomic E-state index is 0. The molecule has 0 heterocycles. The number of aliphatic carboxylic acids is 1. The Labute approximate surface area is 55.7 Å². The zero-order valence-electron chi connectivity index (χ0n) is 3.60. The number of amides is 1. The molecule has 0 aromatic heterocycles. The van der Waals surface area contributed by atoms with Gasteiger partial charge in [-0.2, -0.15) is 0 Å². The van der Waals surface area contributed by atoms with Crippen LogP contribution in [0.1, 0.15) is 0 Å². The first kappa shape index (κ1) is 10.4. The summed E-state index contributed by atoms with van der Waals surface area (Å²) in [6, 6.07) is 0. The maximum Gasteiger partial charge on any atom is 1.00 e. The Kier molecular flexibility index (Phi) is 5.95. The second kappa shape index (κ2) is 4.58. The molecule has 5 nitrogen and oxygen atoms in total. The summed E-state index contributed by atoms with van der Waals surface area (Å²) in [6.07, 6.45) is 0. The normalized spacial score (nSPS) is 6.62. The number of rotatable bonds is 0. The van der Waals surface area contributed by atoms with Crippen LogP contribution >= 0.6 is 0 Å². The molecule has 0 bridgehead atoms. The second-order valence-electron chi connectivity index (χ2n) is 0.761. The molecule has 0 radical (unpaired) electrons. The van der Waals surface area contributed by atoms with Crippen molar-refractivity contribution in [1.82, 2.24) is 5.43 Å². The third kappa shape index (κ3) is 3.60. The van der Waals surface area contributed by atoms with Gasteiger partial charge in [-0.3, -0.25) is 10.2 Å². The molecule has 0 aromatic carbocycles. The van der Waals surface area contributed by atoms with Gasteiger partial charge in [-0.25, -0.2) is 5.84 Å². The molecular weight excluding hydrogens is 164 g/mol. The fourth-order valence-corrected chi connectivity index (χ4v) is 0.0589. The molecule has 0 aliphatic carbocycles. The van der Waals surface area contributed by atoms with E-state index in [0.29, 0.717) is 0 Å². The largest absolute Gasteiger partial charge is 1.00 e. The van der Waals surface area contributed by atoms with Crippen LogP contribution in [0.4, 0.5) is 0 Å². The number of hydrazine groups is 1. The summed E-state index contributed by atoms with van der Waals surface area (Å²) in [7, 11) is 0. The van der Waals surface area contributed by atoms with Crippen LogP contribution in [0.3, 0.4) is 0 Å². The molecule has 6 heteroatoms. The smallest absolute Gasteiger partial charge is 0.540 e. The molecule has 0 aliphatic rings. The fourth-order valence-electron chi connectivity index (χ4n) is 0.0589. The van der Waals surface area contributed by atoms with Crippen LogP contribution in [0.5, 0.6) is 0 Å². The number of hydrogen-bond acceptors (Lipinski definition) is 4. The van der Waals surface area contributed by atoms with Gasteiger partial charge < -0.3 is 9.90 Å². The van der Waals surface area contributed by atoms with Gasteiger partial charge in [-0.05, 0) is 0 Å². The number of carbonyl (C=O) groups is 2. The van der Waals surface area contributed by atoms with Crippen molar-refractivity contribution in [3.8, 4) is 0 Å². The van der Waals surface area contributed by atoms with Gasteiger partial charge in [0, 0.05) is 0 Å². The van der Waals surface area contributed by atoms with Crippen molar-refractivity contribution < 1.29 is 31.8 Å². The van der Waals surface area contributed by atoms with Gasteiger partial charge >= 0.3 is 17.1 Å². The number of nitrogens with one attached hydrogen (secondary N) is 1. The third-order valence-corrected chi connectivity index (χ3v) is 0.316. The summed E-state index contributed by atoms with van der Waals surface area (Å²) >= 11 is 0. The Bertz CT molecular complexity index is 103. The second-order valence-corrected chi connectivity index (χ2v) is 0.761. The molecule has 0 aliphatic heterocycles. The zero-order chi connectivity index (χ0) is 5.86. The number of carbonyl (C=O) groups excluding carboxylic acids is 2. The summed E-state index contributed by atoms with van der Waals surface area (Å²) in [5, 5.41) is 9.33. The van der Waals surface area contributed by atoms with Crippen molar-refractivity contribution in [2.75, 3.05) is 0 Å². The van der Waals surface area contributed by atoms with Crippen LogP contribution in [-0.2, 0) is 26.7 Å². The number of hydrogen-bond donors (Lipinski definition) is 2. The molecule has 3 N–H and O–H groups in total. The van der Waals surface area contributed by atoms with Crippen molar-refractivity contribution in [1.29, 1.82) is 0 Å². The van der Waals surface area contributed by atoms with E-state index in [2.05, 4.69) is 5.84 Å². The van der Waals surface area contributed by atoms with E-state index in [-0.39, 0.29) is 17.1 Å². The van der Waals surface area contributed by atoms with Gasteiger partial charge in [0.05, 0.1) is 0 Å². The van der Waals surface area contributed by atoms with Gasteiger partial charge in [0.15, 0.2) is 0 Å². The molecule has 0 aromatic rings. The molecule has 0 spiro atoms. The van der Waals surface area contributed by atoms with E-state index in [1.165, 1.54) is 5.43 Å². The summed E-state index contributed by atoms with van der Waals surface area (Å²) in [5.74, 6) is 1.20. The molecule has 0 saturated heterocycles. The van der Waals surface area contributed by atoms with Gasteiger partial charge in [0.2, 0.25) is 0 Å². The Morgan fingerprint density at radius 1 is 1.50 bits per heavy atom. The Morgan fingerprint density at radius 3 is 1.88 bits per heavy atom. The average Bonchev–Trinajstić information content (AvgIpc) is 1.65. The van der Waals surface area contributed by atoms with Crippen molar-refractivity contribution in [3.05, 3.63) is 0 Å². The molecule has 0 fully saturated rings. The van der Waals surface area contributed by atoms with Gasteiger partial charge in [-0.1, -0.05) is 0 Å². The first-order valence-corrected chi connectivity index (χ1v) is 1.40. The van der Waals surface area contributed by atoms with E-state index in [9.17, 15) is 14.7 Å². The molecule has 1 amide bonds. The van der Waals surface area contributed by atoms with Crippen LogP contribution < -0.4 is 16.4 Å². The molecule has 0 atom stereocenters. The number of nitrogens with two attached hydrogens (primary N) is 1. The van der Waals surface area contributed by atoms with Gasteiger partial charge in [0.25, 0.3) is 5.91 Å². The quantitative estimate of drug-likeness (QED) is 0.130. The Hall–Kier alpha value is -0.581. The van der Waals surface area contributed by atoms with Gasteiger partial charge in [-0.15, -0.1) is 0 Å². The summed E-state index contributed by atoms with van der Waals surface area (Å²) in [5.41, 5.74) is 1.36. The maximum atomic E-state index is 9.61. The summed E-state index contributed by atoms with van der Waals surface area (Å²) in [6.45, 7) is 0. The predicted octanol–water partition coefficient (Wildman–Crippen LogP) is -3.28. The molecule has 8 heavy (non-hydrogen) atoms. The van der Waals surface area contributed by atoms with Crippen LogP contribution in [0.25, 0.3) is 0 Å². The van der Waals surface area contributed by atoms with Crippen LogP contribution in [-0.4, -0.2) is 11.9 Å². The zero-order valence-corrected chi connectivity index (χ0v) is 4.55. The standard InChI is InChI=1S/C2H4N2O3.Cu/c3-4-1(5)2(6)7;/h3H2,(H,4,5)(H,6,7);/q;+1/p-1. The molecule has 0 saturated carbocycles. The van der Waals surface area contributed by atoms with E-state index in [4.69, 9.17) is 0 Å². The molecule has 0 rings (SSSR count). The summed E-state index contributed by atoms with van der Waals surface area (Å²) < 4.78 is 0. The average molecular weight is 167 g/mol. The van der Waals surface area contributed by atoms with Crippen molar-refractivity contribution in [2.45, 2.75) is 0 Å². The maximum absolute atomic E-state index is 9.61. The van der Waals surface area contributed by atoms with Crippen LogP contribution in [0.15, 0.2) is 0 Å². The SMILES string of the molecule is NNC(=O)C(=O)[O-].[Cu+]. The molecular formula is C2H3CuN2O3. The van der Waals surface area contributed by atoms with E-state index >= 15 is 0 Å². The first-order valence-electron chi connectivity index (χ1n) is 1.40. The van der Waals surface area contributed by atoms with Crippen molar-refractivity contribution >= 4 is 11.9 Å².